The molecule has 0 aliphatic heterocycles. The van der Waals surface area contributed by atoms with Gasteiger partial charge in [0.1, 0.15) is 0 Å². The third-order valence-electron chi connectivity index (χ3n) is 3.73. The highest BCUT2D eigenvalue weighted by molar-refractivity contribution is 5.69. The molecule has 0 aromatic rings. The summed E-state index contributed by atoms with van der Waals surface area (Å²) < 4.78 is 4.91. The molecule has 17 heavy (non-hydrogen) atoms. The molecule has 0 saturated heterocycles. The third kappa shape index (κ3) is 5.53. The molecule has 1 rings (SSSR count). The van der Waals surface area contributed by atoms with Gasteiger partial charge in [-0.1, -0.05) is 26.7 Å². The van der Waals surface area contributed by atoms with Crippen LogP contribution in [0.25, 0.3) is 0 Å². The highest BCUT2D eigenvalue weighted by atomic mass is 16.5. The number of esters is 1. The first kappa shape index (κ1) is 14.5. The van der Waals surface area contributed by atoms with Gasteiger partial charge in [0.2, 0.25) is 0 Å². The van der Waals surface area contributed by atoms with Gasteiger partial charge in [0.15, 0.2) is 0 Å². The zero-order valence-electron chi connectivity index (χ0n) is 11.5. The molecule has 0 aromatic carbocycles. The lowest BCUT2D eigenvalue weighted by Gasteiger charge is -2.32. The first-order valence-electron chi connectivity index (χ1n) is 7.02. The van der Waals surface area contributed by atoms with Gasteiger partial charge in [-0.25, -0.2) is 0 Å². The number of hydrogen-bond donors (Lipinski definition) is 1. The maximum Gasteiger partial charge on any atom is 0.307 e. The summed E-state index contributed by atoms with van der Waals surface area (Å²) in [6.45, 7) is 7.71. The molecular weight excluding hydrogens is 214 g/mol. The molecule has 0 aromatic heterocycles. The Morgan fingerprint density at radius 3 is 2.82 bits per heavy atom. The van der Waals surface area contributed by atoms with Crippen LogP contribution >= 0.6 is 0 Å². The van der Waals surface area contributed by atoms with Crippen molar-refractivity contribution >= 4 is 5.97 Å². The lowest BCUT2D eigenvalue weighted by atomic mass is 9.79. The van der Waals surface area contributed by atoms with Crippen LogP contribution in [0, 0.1) is 11.8 Å². The first-order chi connectivity index (χ1) is 8.13. The van der Waals surface area contributed by atoms with E-state index in [0.29, 0.717) is 19.1 Å². The number of hydrogen-bond acceptors (Lipinski definition) is 3. The number of ether oxygens (including phenoxy) is 1. The normalized spacial score (nSPS) is 24.9. The second-order valence-electron chi connectivity index (χ2n) is 5.38. The second-order valence-corrected chi connectivity index (χ2v) is 5.38. The van der Waals surface area contributed by atoms with E-state index in [1.54, 1.807) is 0 Å². The molecule has 1 fully saturated rings. The zero-order valence-corrected chi connectivity index (χ0v) is 11.5. The quantitative estimate of drug-likeness (QED) is 0.727. The van der Waals surface area contributed by atoms with E-state index in [2.05, 4.69) is 19.2 Å². The summed E-state index contributed by atoms with van der Waals surface area (Å²) in [4.78, 5) is 11.2. The molecule has 100 valence electrons. The van der Waals surface area contributed by atoms with Gasteiger partial charge in [-0.05, 0) is 31.6 Å². The third-order valence-corrected chi connectivity index (χ3v) is 3.73. The molecule has 0 radical (unpaired) electrons. The predicted molar refractivity (Wildman–Crippen MR) is 69.8 cm³/mol. The van der Waals surface area contributed by atoms with Crippen LogP contribution in [0.3, 0.4) is 0 Å². The van der Waals surface area contributed by atoms with E-state index in [9.17, 15) is 4.79 Å². The molecule has 0 heterocycles. The summed E-state index contributed by atoms with van der Waals surface area (Å²) in [5.41, 5.74) is 0. The van der Waals surface area contributed by atoms with Gasteiger partial charge in [-0.2, -0.15) is 0 Å². The minimum atomic E-state index is -0.0868. The number of carbonyl (C=O) groups excluding carboxylic acids is 1. The lowest BCUT2D eigenvalue weighted by Crippen LogP contribution is -2.36. The molecule has 2 unspecified atom stereocenters. The smallest absolute Gasteiger partial charge is 0.307 e. The first-order valence-corrected chi connectivity index (χ1v) is 7.02. The predicted octanol–water partition coefficient (Wildman–Crippen LogP) is 2.74. The minimum absolute atomic E-state index is 0.0868. The number of rotatable bonds is 6. The molecule has 0 spiro atoms. The fourth-order valence-electron chi connectivity index (χ4n) is 2.63. The Kier molecular flexibility index (Phi) is 6.56. The van der Waals surface area contributed by atoms with Gasteiger partial charge in [0.05, 0.1) is 13.0 Å². The Morgan fingerprint density at radius 2 is 2.18 bits per heavy atom. The molecule has 1 aliphatic rings. The fourth-order valence-corrected chi connectivity index (χ4v) is 2.63. The van der Waals surface area contributed by atoms with Crippen molar-refractivity contribution < 1.29 is 9.53 Å². The van der Waals surface area contributed by atoms with Gasteiger partial charge < -0.3 is 10.1 Å². The van der Waals surface area contributed by atoms with E-state index < -0.39 is 0 Å². The van der Waals surface area contributed by atoms with Crippen molar-refractivity contribution in [3.63, 3.8) is 0 Å². The summed E-state index contributed by atoms with van der Waals surface area (Å²) in [6.07, 6.45) is 5.71. The summed E-state index contributed by atoms with van der Waals surface area (Å²) in [7, 11) is 0. The molecule has 1 N–H and O–H groups in total. The van der Waals surface area contributed by atoms with Crippen molar-refractivity contribution in [2.75, 3.05) is 13.2 Å². The molecule has 2 atom stereocenters. The lowest BCUT2D eigenvalue weighted by molar-refractivity contribution is -0.143. The minimum Gasteiger partial charge on any atom is -0.466 e. The summed E-state index contributed by atoms with van der Waals surface area (Å²) in [5, 5.41) is 3.49. The molecule has 3 nitrogen and oxygen atoms in total. The molecule has 1 saturated carbocycles. The van der Waals surface area contributed by atoms with Crippen molar-refractivity contribution in [3.05, 3.63) is 0 Å². The van der Waals surface area contributed by atoms with Gasteiger partial charge in [0, 0.05) is 12.6 Å². The van der Waals surface area contributed by atoms with Crippen LogP contribution in [0.4, 0.5) is 0 Å². The van der Waals surface area contributed by atoms with Gasteiger partial charge in [-0.15, -0.1) is 0 Å². The van der Waals surface area contributed by atoms with Crippen molar-refractivity contribution in [2.24, 2.45) is 11.8 Å². The van der Waals surface area contributed by atoms with Crippen molar-refractivity contribution in [3.8, 4) is 0 Å². The van der Waals surface area contributed by atoms with Gasteiger partial charge in [0.25, 0.3) is 0 Å². The Labute approximate surface area is 105 Å². The van der Waals surface area contributed by atoms with E-state index >= 15 is 0 Å². The van der Waals surface area contributed by atoms with Crippen LogP contribution in [0.15, 0.2) is 0 Å². The number of nitrogens with one attached hydrogen (secondary N) is 1. The van der Waals surface area contributed by atoms with Crippen molar-refractivity contribution in [2.45, 2.75) is 58.9 Å². The summed E-state index contributed by atoms with van der Waals surface area (Å²) in [6, 6.07) is 0.602. The summed E-state index contributed by atoms with van der Waals surface area (Å²) >= 11 is 0. The highest BCUT2D eigenvalue weighted by Gasteiger charge is 2.23. The topological polar surface area (TPSA) is 38.3 Å². The van der Waals surface area contributed by atoms with Gasteiger partial charge >= 0.3 is 5.97 Å². The highest BCUT2D eigenvalue weighted by Crippen LogP contribution is 2.29. The second kappa shape index (κ2) is 7.70. The average Bonchev–Trinajstić information content (AvgIpc) is 2.30. The van der Waals surface area contributed by atoms with Crippen LogP contribution in [-0.4, -0.2) is 25.2 Å². The fraction of sp³-hybridized carbons (Fsp3) is 0.929. The zero-order chi connectivity index (χ0) is 12.7. The van der Waals surface area contributed by atoms with E-state index in [1.807, 2.05) is 6.92 Å². The summed E-state index contributed by atoms with van der Waals surface area (Å²) in [5.74, 6) is 1.55. The average molecular weight is 241 g/mol. The van der Waals surface area contributed by atoms with Crippen molar-refractivity contribution in [1.82, 2.24) is 5.32 Å². The van der Waals surface area contributed by atoms with Crippen LogP contribution in [-0.2, 0) is 9.53 Å². The Morgan fingerprint density at radius 1 is 1.41 bits per heavy atom. The molecular formula is C14H27NO2. The largest absolute Gasteiger partial charge is 0.466 e. The van der Waals surface area contributed by atoms with Crippen LogP contribution < -0.4 is 5.32 Å². The van der Waals surface area contributed by atoms with Crippen molar-refractivity contribution in [1.29, 1.82) is 0 Å². The monoisotopic (exact) mass is 241 g/mol. The van der Waals surface area contributed by atoms with E-state index in [1.165, 1.54) is 25.7 Å². The van der Waals surface area contributed by atoms with Gasteiger partial charge in [-0.3, -0.25) is 4.79 Å². The maximum atomic E-state index is 11.2. The molecule has 0 bridgehead atoms. The Hall–Kier alpha value is -0.570. The molecule has 1 aliphatic carbocycles. The van der Waals surface area contributed by atoms with E-state index in [-0.39, 0.29) is 5.97 Å². The maximum absolute atomic E-state index is 11.2. The number of carbonyl (C=O) groups is 1. The standard InChI is InChI=1S/C14H27NO2/c1-4-17-14(16)8-9-15-13-7-5-6-12(10-13)11(2)3/h11-13,15H,4-10H2,1-3H3. The molecule has 3 heteroatoms. The molecule has 0 amide bonds. The Bertz CT molecular complexity index is 228. The van der Waals surface area contributed by atoms with Crippen LogP contribution in [0.1, 0.15) is 52.9 Å². The SMILES string of the molecule is CCOC(=O)CCNC1CCCC(C(C)C)C1. The van der Waals surface area contributed by atoms with E-state index in [4.69, 9.17) is 4.74 Å². The Balaban J connectivity index is 2.16. The van der Waals surface area contributed by atoms with Crippen LogP contribution in [0.5, 0.6) is 0 Å². The van der Waals surface area contributed by atoms with E-state index in [0.717, 1.165) is 18.4 Å². The van der Waals surface area contributed by atoms with Crippen LogP contribution in [0.2, 0.25) is 0 Å².